The number of benzene rings is 1. The Morgan fingerprint density at radius 1 is 1.35 bits per heavy atom. The molecule has 4 nitrogen and oxygen atoms in total. The molecule has 0 radical (unpaired) electrons. The third-order valence-electron chi connectivity index (χ3n) is 2.16. The second-order valence-corrected chi connectivity index (χ2v) is 3.27. The quantitative estimate of drug-likeness (QED) is 0.763. The molecule has 2 N–H and O–H groups in total. The molecule has 1 aromatic carbocycles. The third kappa shape index (κ3) is 2.95. The largest absolute Gasteiger partial charge is 0.506 e. The van der Waals surface area contributed by atoms with Gasteiger partial charge in [-0.1, -0.05) is 25.3 Å². The zero-order valence-electron chi connectivity index (χ0n) is 9.35. The lowest BCUT2D eigenvalue weighted by Crippen LogP contribution is -2.09. The molecule has 0 heterocycles. The van der Waals surface area contributed by atoms with Crippen molar-refractivity contribution in [1.29, 1.82) is 0 Å². The Morgan fingerprint density at radius 3 is 2.59 bits per heavy atom. The van der Waals surface area contributed by atoms with Crippen molar-refractivity contribution < 1.29 is 19.7 Å². The van der Waals surface area contributed by atoms with E-state index in [4.69, 9.17) is 9.84 Å². The maximum atomic E-state index is 11.6. The maximum absolute atomic E-state index is 11.6. The molecule has 4 heteroatoms. The number of phenols is 1. The van der Waals surface area contributed by atoms with Crippen LogP contribution in [0.1, 0.15) is 21.5 Å². The molecule has 0 aliphatic heterocycles. The predicted octanol–water partition coefficient (Wildman–Crippen LogP) is 1.83. The van der Waals surface area contributed by atoms with Gasteiger partial charge in [-0.2, -0.15) is 0 Å². The van der Waals surface area contributed by atoms with Crippen LogP contribution in [0.4, 0.5) is 0 Å². The van der Waals surface area contributed by atoms with Gasteiger partial charge >= 0.3 is 5.97 Å². The lowest BCUT2D eigenvalue weighted by Gasteiger charge is -2.08. The van der Waals surface area contributed by atoms with Gasteiger partial charge in [-0.05, 0) is 17.7 Å². The fraction of sp³-hybridized carbons (Fsp3) is 0.154. The number of carbonyl (C=O) groups excluding carboxylic acids is 1. The summed E-state index contributed by atoms with van der Waals surface area (Å²) in [5.74, 6) is -0.878. The molecule has 0 atom stereocenters. The van der Waals surface area contributed by atoms with Gasteiger partial charge in [0.05, 0.1) is 6.61 Å². The number of esters is 1. The minimum atomic E-state index is -0.691. The fourth-order valence-corrected chi connectivity index (χ4v) is 1.33. The van der Waals surface area contributed by atoms with E-state index in [0.717, 1.165) is 0 Å². The molecular weight excluding hydrogens is 220 g/mol. The van der Waals surface area contributed by atoms with E-state index in [-0.39, 0.29) is 24.5 Å². The molecular formula is C13H14O4. The van der Waals surface area contributed by atoms with E-state index in [0.29, 0.717) is 11.1 Å². The van der Waals surface area contributed by atoms with Gasteiger partial charge in [-0.3, -0.25) is 0 Å². The van der Waals surface area contributed by atoms with Crippen molar-refractivity contribution in [2.75, 3.05) is 13.2 Å². The van der Waals surface area contributed by atoms with Crippen molar-refractivity contribution >= 4 is 18.1 Å². The Hall–Kier alpha value is -2.07. The predicted molar refractivity (Wildman–Crippen MR) is 65.7 cm³/mol. The van der Waals surface area contributed by atoms with Gasteiger partial charge in [-0.15, -0.1) is 0 Å². The molecule has 90 valence electrons. The molecule has 0 saturated carbocycles. The molecule has 0 aliphatic rings. The van der Waals surface area contributed by atoms with E-state index in [1.807, 2.05) is 0 Å². The average molecular weight is 234 g/mol. The van der Waals surface area contributed by atoms with Crippen LogP contribution in [-0.2, 0) is 4.74 Å². The van der Waals surface area contributed by atoms with Gasteiger partial charge in [0.15, 0.2) is 0 Å². The van der Waals surface area contributed by atoms with Crippen LogP contribution >= 0.6 is 0 Å². The first kappa shape index (κ1) is 13.0. The van der Waals surface area contributed by atoms with Crippen molar-refractivity contribution in [1.82, 2.24) is 0 Å². The maximum Gasteiger partial charge on any atom is 0.342 e. The summed E-state index contributed by atoms with van der Waals surface area (Å²) in [6.45, 7) is 6.76. The third-order valence-corrected chi connectivity index (χ3v) is 2.16. The van der Waals surface area contributed by atoms with Crippen LogP contribution in [0.25, 0.3) is 12.2 Å². The molecule has 0 aromatic heterocycles. The summed E-state index contributed by atoms with van der Waals surface area (Å²) in [5.41, 5.74) is 1.14. The molecule has 0 aliphatic carbocycles. The monoisotopic (exact) mass is 234 g/mol. The summed E-state index contributed by atoms with van der Waals surface area (Å²) in [5, 5.41) is 18.4. The van der Waals surface area contributed by atoms with Crippen LogP contribution in [0.2, 0.25) is 0 Å². The number of aliphatic hydroxyl groups excluding tert-OH is 1. The van der Waals surface area contributed by atoms with Crippen molar-refractivity contribution in [3.63, 3.8) is 0 Å². The van der Waals surface area contributed by atoms with Crippen LogP contribution in [0, 0.1) is 0 Å². The molecule has 0 saturated heterocycles. The lowest BCUT2D eigenvalue weighted by molar-refractivity contribution is 0.0430. The van der Waals surface area contributed by atoms with E-state index >= 15 is 0 Å². The topological polar surface area (TPSA) is 66.8 Å². The SMILES string of the molecule is C=Cc1cc(C=C)c(O)c(C(=O)OCCO)c1. The van der Waals surface area contributed by atoms with Gasteiger partial charge in [0.1, 0.15) is 17.9 Å². The fourth-order valence-electron chi connectivity index (χ4n) is 1.33. The van der Waals surface area contributed by atoms with Crippen molar-refractivity contribution in [3.8, 4) is 5.75 Å². The van der Waals surface area contributed by atoms with Gasteiger partial charge in [-0.25, -0.2) is 4.79 Å². The molecule has 0 bridgehead atoms. The summed E-state index contributed by atoms with van der Waals surface area (Å²) in [4.78, 5) is 11.6. The second-order valence-electron chi connectivity index (χ2n) is 3.27. The zero-order chi connectivity index (χ0) is 12.8. The molecule has 0 spiro atoms. The second kappa shape index (κ2) is 5.86. The van der Waals surface area contributed by atoms with Gasteiger partial charge in [0.2, 0.25) is 0 Å². The van der Waals surface area contributed by atoms with Gasteiger partial charge in [0.25, 0.3) is 0 Å². The van der Waals surface area contributed by atoms with Crippen LogP contribution in [-0.4, -0.2) is 29.4 Å². The first-order chi connectivity index (χ1) is 8.13. The molecule has 0 unspecified atom stereocenters. The zero-order valence-corrected chi connectivity index (χ0v) is 9.35. The number of rotatable bonds is 5. The van der Waals surface area contributed by atoms with Crippen molar-refractivity contribution in [2.45, 2.75) is 0 Å². The Kier molecular flexibility index (Phi) is 4.48. The molecule has 1 rings (SSSR count). The summed E-state index contributed by atoms with van der Waals surface area (Å²) in [6, 6.07) is 3.12. The number of hydrogen-bond acceptors (Lipinski definition) is 4. The molecule has 0 fully saturated rings. The van der Waals surface area contributed by atoms with Crippen molar-refractivity contribution in [3.05, 3.63) is 42.0 Å². The Morgan fingerprint density at radius 2 is 2.06 bits per heavy atom. The standard InChI is InChI=1S/C13H14O4/c1-3-9-7-10(4-2)12(15)11(8-9)13(16)17-6-5-14/h3-4,7-8,14-15H,1-2,5-6H2. The number of aromatic hydroxyl groups is 1. The van der Waals surface area contributed by atoms with E-state index in [1.54, 1.807) is 12.1 Å². The summed E-state index contributed by atoms with van der Waals surface area (Å²) in [6.07, 6.45) is 2.99. The first-order valence-electron chi connectivity index (χ1n) is 5.04. The van der Waals surface area contributed by atoms with Crippen LogP contribution in [0.15, 0.2) is 25.3 Å². The van der Waals surface area contributed by atoms with Crippen LogP contribution < -0.4 is 0 Å². The Bertz CT molecular complexity index is 449. The van der Waals surface area contributed by atoms with Gasteiger partial charge < -0.3 is 14.9 Å². The normalized spacial score (nSPS) is 9.71. The smallest absolute Gasteiger partial charge is 0.342 e. The Balaban J connectivity index is 3.17. The molecule has 17 heavy (non-hydrogen) atoms. The highest BCUT2D eigenvalue weighted by molar-refractivity contribution is 5.94. The average Bonchev–Trinajstić information content (AvgIpc) is 2.36. The highest BCUT2D eigenvalue weighted by Crippen LogP contribution is 2.26. The number of carbonyl (C=O) groups is 1. The highest BCUT2D eigenvalue weighted by Gasteiger charge is 2.15. The van der Waals surface area contributed by atoms with E-state index in [2.05, 4.69) is 13.2 Å². The van der Waals surface area contributed by atoms with E-state index in [9.17, 15) is 9.90 Å². The lowest BCUT2D eigenvalue weighted by atomic mass is 10.0. The minimum absolute atomic E-state index is 0.0331. The number of hydrogen-bond donors (Lipinski definition) is 2. The van der Waals surface area contributed by atoms with E-state index in [1.165, 1.54) is 12.1 Å². The van der Waals surface area contributed by atoms with Crippen LogP contribution in [0.5, 0.6) is 5.75 Å². The highest BCUT2D eigenvalue weighted by atomic mass is 16.5. The summed E-state index contributed by atoms with van der Waals surface area (Å²) >= 11 is 0. The molecule has 0 amide bonds. The summed E-state index contributed by atoms with van der Waals surface area (Å²) in [7, 11) is 0. The van der Waals surface area contributed by atoms with Crippen LogP contribution in [0.3, 0.4) is 0 Å². The van der Waals surface area contributed by atoms with Gasteiger partial charge in [0, 0.05) is 5.56 Å². The van der Waals surface area contributed by atoms with Crippen molar-refractivity contribution in [2.24, 2.45) is 0 Å². The minimum Gasteiger partial charge on any atom is -0.506 e. The molecule has 1 aromatic rings. The number of phenolic OH excluding ortho intramolecular Hbond substituents is 1. The number of aliphatic hydroxyl groups is 1. The number of ether oxygens (including phenoxy) is 1. The van der Waals surface area contributed by atoms with E-state index < -0.39 is 5.97 Å². The summed E-state index contributed by atoms with van der Waals surface area (Å²) < 4.78 is 4.74. The Labute approximate surface area is 99.5 Å². The first-order valence-corrected chi connectivity index (χ1v) is 5.04.